The molecule has 76 valence electrons. The molecule has 0 heterocycles. The van der Waals surface area contributed by atoms with E-state index in [4.69, 9.17) is 5.73 Å². The number of nitrogens with two attached hydrogens (primary N) is 1. The van der Waals surface area contributed by atoms with Crippen LogP contribution in [0.1, 0.15) is 15.9 Å². The van der Waals surface area contributed by atoms with E-state index in [2.05, 4.69) is 0 Å². The Balaban J connectivity index is 3.27. The van der Waals surface area contributed by atoms with Crippen molar-refractivity contribution in [2.45, 2.75) is 6.67 Å². The number of ketones is 1. The minimum Gasteiger partial charge on any atom is -0.324 e. The highest BCUT2D eigenvalue weighted by atomic mass is 19.2. The Hall–Kier alpha value is -1.36. The molecule has 0 spiro atoms. The number of hydrogen-bond acceptors (Lipinski definition) is 2. The quantitative estimate of drug-likeness (QED) is 0.758. The summed E-state index contributed by atoms with van der Waals surface area (Å²) in [5.41, 5.74) is 4.40. The van der Waals surface area contributed by atoms with Gasteiger partial charge >= 0.3 is 0 Å². The molecule has 0 fully saturated rings. The van der Waals surface area contributed by atoms with Crippen LogP contribution < -0.4 is 5.73 Å². The van der Waals surface area contributed by atoms with Gasteiger partial charge in [-0.05, 0) is 17.7 Å². The summed E-state index contributed by atoms with van der Waals surface area (Å²) in [7, 11) is 0. The monoisotopic (exact) mass is 203 g/mol. The Labute approximate surface area is 78.5 Å². The first-order valence-corrected chi connectivity index (χ1v) is 3.87. The van der Waals surface area contributed by atoms with Gasteiger partial charge in [0, 0.05) is 0 Å². The average Bonchev–Trinajstić information content (AvgIpc) is 2.20. The largest absolute Gasteiger partial charge is 0.324 e. The molecule has 0 amide bonds. The maximum Gasteiger partial charge on any atom is 0.179 e. The van der Waals surface area contributed by atoms with Crippen LogP contribution in [0.2, 0.25) is 0 Å². The van der Waals surface area contributed by atoms with Crippen molar-refractivity contribution in [3.05, 3.63) is 34.9 Å². The van der Waals surface area contributed by atoms with E-state index in [1.54, 1.807) is 0 Å². The Kier molecular flexibility index (Phi) is 3.24. The van der Waals surface area contributed by atoms with E-state index in [9.17, 15) is 18.0 Å². The molecule has 0 bridgehead atoms. The molecule has 0 radical (unpaired) electrons. The summed E-state index contributed by atoms with van der Waals surface area (Å²) in [6.07, 6.45) is 0. The van der Waals surface area contributed by atoms with Crippen molar-refractivity contribution in [2.24, 2.45) is 5.73 Å². The molecule has 0 unspecified atom stereocenters. The molecule has 2 nitrogen and oxygen atoms in total. The number of alkyl halides is 1. The summed E-state index contributed by atoms with van der Waals surface area (Å²) in [5.74, 6) is -3.27. The predicted octanol–water partition coefficient (Wildman–Crippen LogP) is 1.58. The molecule has 1 aromatic carbocycles. The Morgan fingerprint density at radius 2 is 2.00 bits per heavy atom. The third kappa shape index (κ3) is 1.93. The second-order valence-corrected chi connectivity index (χ2v) is 2.70. The Morgan fingerprint density at radius 1 is 1.36 bits per heavy atom. The maximum atomic E-state index is 13.0. The molecular weight excluding hydrogens is 195 g/mol. The van der Waals surface area contributed by atoms with Crippen LogP contribution in [0.25, 0.3) is 0 Å². The van der Waals surface area contributed by atoms with Crippen molar-refractivity contribution in [1.82, 2.24) is 0 Å². The number of benzene rings is 1. The lowest BCUT2D eigenvalue weighted by molar-refractivity contribution is 0.0996. The van der Waals surface area contributed by atoms with Crippen molar-refractivity contribution in [2.75, 3.05) is 6.54 Å². The molecule has 0 aliphatic carbocycles. The first-order valence-electron chi connectivity index (χ1n) is 3.87. The van der Waals surface area contributed by atoms with E-state index < -0.39 is 36.2 Å². The fraction of sp³-hybridized carbons (Fsp3) is 0.222. The van der Waals surface area contributed by atoms with Crippen LogP contribution in [-0.2, 0) is 6.67 Å². The minimum atomic E-state index is -1.28. The molecule has 2 N–H and O–H groups in total. The van der Waals surface area contributed by atoms with Crippen LogP contribution in [-0.4, -0.2) is 12.3 Å². The molecule has 5 heteroatoms. The molecule has 0 aliphatic heterocycles. The van der Waals surface area contributed by atoms with E-state index in [-0.39, 0.29) is 5.56 Å². The predicted molar refractivity (Wildman–Crippen MR) is 44.6 cm³/mol. The number of carbonyl (C=O) groups excluding carboxylic acids is 1. The van der Waals surface area contributed by atoms with Crippen molar-refractivity contribution in [3.63, 3.8) is 0 Å². The van der Waals surface area contributed by atoms with Gasteiger partial charge in [-0.15, -0.1) is 0 Å². The van der Waals surface area contributed by atoms with Gasteiger partial charge in [-0.25, -0.2) is 13.2 Å². The normalized spacial score (nSPS) is 10.3. The van der Waals surface area contributed by atoms with Crippen LogP contribution in [0.15, 0.2) is 12.1 Å². The fourth-order valence-electron chi connectivity index (χ4n) is 1.04. The number of carbonyl (C=O) groups is 1. The Bertz CT molecular complexity index is 365. The summed E-state index contributed by atoms with van der Waals surface area (Å²) >= 11 is 0. The van der Waals surface area contributed by atoms with Crippen molar-refractivity contribution in [1.29, 1.82) is 0 Å². The second kappa shape index (κ2) is 4.23. The van der Waals surface area contributed by atoms with Gasteiger partial charge in [-0.2, -0.15) is 0 Å². The van der Waals surface area contributed by atoms with Crippen molar-refractivity contribution < 1.29 is 18.0 Å². The van der Waals surface area contributed by atoms with E-state index in [1.165, 1.54) is 0 Å². The molecule has 0 aromatic heterocycles. The number of rotatable bonds is 3. The van der Waals surface area contributed by atoms with Gasteiger partial charge in [0.25, 0.3) is 0 Å². The minimum absolute atomic E-state index is 0.0827. The molecule has 1 rings (SSSR count). The van der Waals surface area contributed by atoms with Crippen LogP contribution in [0.3, 0.4) is 0 Å². The number of hydrogen-bond donors (Lipinski definition) is 1. The summed E-state index contributed by atoms with van der Waals surface area (Å²) < 4.78 is 37.9. The van der Waals surface area contributed by atoms with Crippen LogP contribution in [0.5, 0.6) is 0 Å². The maximum absolute atomic E-state index is 13.0. The van der Waals surface area contributed by atoms with Gasteiger partial charge in [-0.1, -0.05) is 0 Å². The first-order chi connectivity index (χ1) is 6.60. The molecule has 14 heavy (non-hydrogen) atoms. The lowest BCUT2D eigenvalue weighted by Gasteiger charge is -2.03. The lowest BCUT2D eigenvalue weighted by atomic mass is 10.1. The SMILES string of the molecule is NCC(=O)c1cc(CF)cc(F)c1F. The van der Waals surface area contributed by atoms with Gasteiger partial charge in [0.15, 0.2) is 17.4 Å². The molecule has 0 saturated carbocycles. The van der Waals surface area contributed by atoms with Crippen LogP contribution in [0, 0.1) is 11.6 Å². The van der Waals surface area contributed by atoms with Gasteiger partial charge in [0.1, 0.15) is 6.67 Å². The third-order valence-electron chi connectivity index (χ3n) is 1.73. The van der Waals surface area contributed by atoms with Gasteiger partial charge < -0.3 is 5.73 Å². The molecule has 0 aliphatic rings. The van der Waals surface area contributed by atoms with Crippen LogP contribution >= 0.6 is 0 Å². The molecule has 1 aromatic rings. The van der Waals surface area contributed by atoms with E-state index in [0.717, 1.165) is 6.07 Å². The number of Topliss-reactive ketones (excluding diaryl/α,β-unsaturated/α-hetero) is 1. The van der Waals surface area contributed by atoms with Crippen LogP contribution in [0.4, 0.5) is 13.2 Å². The summed E-state index contributed by atoms with van der Waals surface area (Å²) in [5, 5.41) is 0. The zero-order valence-corrected chi connectivity index (χ0v) is 7.19. The summed E-state index contributed by atoms with van der Waals surface area (Å²) in [4.78, 5) is 11.0. The summed E-state index contributed by atoms with van der Waals surface area (Å²) in [6.45, 7) is -1.39. The topological polar surface area (TPSA) is 43.1 Å². The molecule has 0 saturated heterocycles. The van der Waals surface area contributed by atoms with Crippen molar-refractivity contribution >= 4 is 5.78 Å². The fourth-order valence-corrected chi connectivity index (χ4v) is 1.04. The van der Waals surface area contributed by atoms with Gasteiger partial charge in [0.2, 0.25) is 0 Å². The summed E-state index contributed by atoms with van der Waals surface area (Å²) in [6, 6.07) is 1.68. The first kappa shape index (κ1) is 10.7. The molecular formula is C9H8F3NO. The molecule has 0 atom stereocenters. The van der Waals surface area contributed by atoms with E-state index >= 15 is 0 Å². The lowest BCUT2D eigenvalue weighted by Crippen LogP contribution is -2.16. The van der Waals surface area contributed by atoms with Gasteiger partial charge in [0.05, 0.1) is 12.1 Å². The number of halogens is 3. The standard InChI is InChI=1S/C9H8F3NO/c10-3-5-1-6(8(14)4-13)9(12)7(11)2-5/h1-2H,3-4,13H2. The second-order valence-electron chi connectivity index (χ2n) is 2.70. The smallest absolute Gasteiger partial charge is 0.179 e. The third-order valence-corrected chi connectivity index (χ3v) is 1.73. The van der Waals surface area contributed by atoms with E-state index in [1.807, 2.05) is 0 Å². The van der Waals surface area contributed by atoms with Gasteiger partial charge in [-0.3, -0.25) is 4.79 Å². The highest BCUT2D eigenvalue weighted by molar-refractivity contribution is 5.97. The average molecular weight is 203 g/mol. The zero-order valence-electron chi connectivity index (χ0n) is 7.19. The van der Waals surface area contributed by atoms with Crippen molar-refractivity contribution in [3.8, 4) is 0 Å². The Morgan fingerprint density at radius 3 is 2.50 bits per heavy atom. The van der Waals surface area contributed by atoms with E-state index in [0.29, 0.717) is 6.07 Å². The zero-order chi connectivity index (χ0) is 10.7. The highest BCUT2D eigenvalue weighted by Crippen LogP contribution is 2.16. The highest BCUT2D eigenvalue weighted by Gasteiger charge is 2.15.